The van der Waals surface area contributed by atoms with Gasteiger partial charge in [-0.3, -0.25) is 12.2 Å². The predicted molar refractivity (Wildman–Crippen MR) is 70.9 cm³/mol. The van der Waals surface area contributed by atoms with Crippen LogP contribution >= 0.6 is 0 Å². The Kier molecular flexibility index (Phi) is 8.66. The zero-order valence-electron chi connectivity index (χ0n) is 12.7. The molecule has 0 saturated carbocycles. The molecule has 1 atom stereocenters. The van der Waals surface area contributed by atoms with E-state index in [-0.39, 0.29) is 2.85 Å². The van der Waals surface area contributed by atoms with E-state index in [1.807, 2.05) is 12.2 Å². The molecule has 0 aliphatic heterocycles. The summed E-state index contributed by atoms with van der Waals surface area (Å²) in [7, 11) is 0. The van der Waals surface area contributed by atoms with Crippen LogP contribution in [0.5, 0.6) is 0 Å². The van der Waals surface area contributed by atoms with Gasteiger partial charge in [0.15, 0.2) is 0 Å². The first-order valence-corrected chi connectivity index (χ1v) is 7.21. The second kappa shape index (κ2) is 8.82. The van der Waals surface area contributed by atoms with Crippen molar-refractivity contribution in [3.8, 4) is 0 Å². The molecule has 0 radical (unpaired) electrons. The number of rotatable bonds is 0. The van der Waals surface area contributed by atoms with Gasteiger partial charge in [0.05, 0.1) is 0 Å². The fourth-order valence-corrected chi connectivity index (χ4v) is 1.50. The topological polar surface area (TPSA) is 0 Å². The Hall–Kier alpha value is -0.287. The van der Waals surface area contributed by atoms with Gasteiger partial charge in [0.2, 0.25) is 0 Å². The van der Waals surface area contributed by atoms with Crippen molar-refractivity contribution in [2.45, 2.75) is 34.1 Å². The molecule has 2 aliphatic carbocycles. The summed E-state index contributed by atoms with van der Waals surface area (Å²) in [4.78, 5) is 0. The average molecular weight is 294 g/mol. The van der Waals surface area contributed by atoms with Gasteiger partial charge in [0.1, 0.15) is 0 Å². The fraction of sp³-hybridized carbons (Fsp3) is 0.400. The van der Waals surface area contributed by atoms with Crippen LogP contribution in [0.25, 0.3) is 0 Å². The van der Waals surface area contributed by atoms with Crippen molar-refractivity contribution >= 4 is 4.21 Å². The molecule has 0 spiro atoms. The Morgan fingerprint density at radius 1 is 1.38 bits per heavy atom. The van der Waals surface area contributed by atoms with E-state index in [2.05, 4.69) is 50.1 Å². The minimum Gasteiger partial charge on any atom is -1.00 e. The van der Waals surface area contributed by atoms with Gasteiger partial charge in [-0.2, -0.15) is 17.2 Å². The van der Waals surface area contributed by atoms with Crippen molar-refractivity contribution in [3.05, 3.63) is 47.1 Å². The number of hydrogen-bond donors (Lipinski definition) is 0. The third-order valence-electron chi connectivity index (χ3n) is 2.82. The Labute approximate surface area is 118 Å². The van der Waals surface area contributed by atoms with Gasteiger partial charge in [-0.05, 0) is 0 Å². The molecule has 0 aromatic rings. The van der Waals surface area contributed by atoms with Crippen molar-refractivity contribution < 1.29 is 27.1 Å². The Bertz CT molecular complexity index is 328. The van der Waals surface area contributed by atoms with Crippen LogP contribution < -0.4 is 0 Å². The summed E-state index contributed by atoms with van der Waals surface area (Å²) < 4.78 is 3.34. The minimum atomic E-state index is 0. The maximum absolute atomic E-state index is 3.36. The van der Waals surface area contributed by atoms with Crippen LogP contribution in [-0.4, -0.2) is 4.21 Å². The molecule has 0 aromatic heterocycles. The largest absolute Gasteiger partial charge is 1.00 e. The zero-order chi connectivity index (χ0) is 12.6. The van der Waals surface area contributed by atoms with Gasteiger partial charge in [0, 0.05) is 0 Å². The molecule has 0 fully saturated rings. The van der Waals surface area contributed by atoms with Crippen LogP contribution in [0.15, 0.2) is 34.9 Å². The Balaban J connectivity index is -0.000000217. The van der Waals surface area contributed by atoms with Gasteiger partial charge in [-0.15, -0.1) is 13.3 Å². The van der Waals surface area contributed by atoms with E-state index in [1.54, 1.807) is 0 Å². The van der Waals surface area contributed by atoms with E-state index in [4.69, 9.17) is 0 Å². The van der Waals surface area contributed by atoms with E-state index < -0.39 is 0 Å². The second-order valence-electron chi connectivity index (χ2n) is 3.80. The number of hydrogen-bond acceptors (Lipinski definition) is 0. The van der Waals surface area contributed by atoms with E-state index in [1.165, 1.54) is 41.0 Å². The minimum absolute atomic E-state index is 0. The molecule has 1 unspecified atom stereocenters. The summed E-state index contributed by atoms with van der Waals surface area (Å²) in [5.41, 5.74) is 4.25. The van der Waals surface area contributed by atoms with Crippen molar-refractivity contribution in [2.24, 2.45) is 5.92 Å². The van der Waals surface area contributed by atoms with Crippen molar-refractivity contribution in [2.75, 3.05) is 0 Å². The second-order valence-corrected chi connectivity index (χ2v) is 3.80. The molecule has 2 aliphatic rings. The molecule has 88 valence electrons. The third-order valence-corrected chi connectivity index (χ3v) is 2.82. The molecule has 1 heteroatoms. The molecular formula is C15H22Zr-2. The summed E-state index contributed by atoms with van der Waals surface area (Å²) in [6.45, 7) is 8.67. The number of allylic oxidation sites excluding steroid dienone is 8. The third kappa shape index (κ3) is 5.17. The van der Waals surface area contributed by atoms with Crippen molar-refractivity contribution in [1.82, 2.24) is 0 Å². The van der Waals surface area contributed by atoms with Crippen LogP contribution in [0.2, 0.25) is 0 Å². The SMILES string of the molecule is CC1=[C-]C(C)C(C)=C1C.[C-]1=CC=CC1.[CH2]=[Zr+2].[H-].[H-]. The summed E-state index contributed by atoms with van der Waals surface area (Å²) in [6, 6.07) is 0. The van der Waals surface area contributed by atoms with Gasteiger partial charge >= 0.3 is 28.4 Å². The molecular weight excluding hydrogens is 271 g/mol. The van der Waals surface area contributed by atoms with E-state index in [0.717, 1.165) is 6.42 Å². The normalized spacial score (nSPS) is 21.1. The van der Waals surface area contributed by atoms with Crippen LogP contribution in [0, 0.1) is 18.1 Å². The van der Waals surface area contributed by atoms with Crippen molar-refractivity contribution in [1.29, 1.82) is 0 Å². The molecule has 16 heavy (non-hydrogen) atoms. The van der Waals surface area contributed by atoms with Gasteiger partial charge < -0.3 is 2.85 Å². The first-order valence-electron chi connectivity index (χ1n) is 5.48. The molecule has 0 nitrogen and oxygen atoms in total. The maximum Gasteiger partial charge on any atom is -1.00 e. The van der Waals surface area contributed by atoms with E-state index in [0.29, 0.717) is 5.92 Å². The molecule has 2 rings (SSSR count). The van der Waals surface area contributed by atoms with Gasteiger partial charge in [-0.25, -0.2) is 17.7 Å². The smallest absolute Gasteiger partial charge is 1.00 e. The fourth-order valence-electron chi connectivity index (χ4n) is 1.50. The monoisotopic (exact) mass is 292 g/mol. The van der Waals surface area contributed by atoms with E-state index >= 15 is 0 Å². The van der Waals surface area contributed by atoms with Crippen LogP contribution in [0.4, 0.5) is 0 Å². The quantitative estimate of drug-likeness (QED) is 0.587. The maximum atomic E-state index is 3.36. The molecule has 0 amide bonds. The summed E-state index contributed by atoms with van der Waals surface area (Å²) >= 11 is 1.30. The summed E-state index contributed by atoms with van der Waals surface area (Å²) in [5.74, 6) is 0.560. The van der Waals surface area contributed by atoms with Gasteiger partial charge in [0.25, 0.3) is 0 Å². The Morgan fingerprint density at radius 3 is 2.12 bits per heavy atom. The predicted octanol–water partition coefficient (Wildman–Crippen LogP) is 4.22. The van der Waals surface area contributed by atoms with Crippen LogP contribution in [-0.2, 0) is 24.2 Å². The zero-order valence-corrected chi connectivity index (χ0v) is 13.2. The standard InChI is InChI=1S/C9H13.C5H5.CH2.Zr.2H/c1-6-5-7(2)9(4)8(6)3;1-2-4-5-3-1;;;;/h6H,1-4H3;1-3H,4H2;1H2;;;/q2*-1;;+2;2*-1. The first kappa shape index (κ1) is 15.7. The van der Waals surface area contributed by atoms with Gasteiger partial charge in [-0.1, -0.05) is 26.7 Å². The molecule has 0 aromatic carbocycles. The van der Waals surface area contributed by atoms with Crippen LogP contribution in [0.3, 0.4) is 0 Å². The Morgan fingerprint density at radius 2 is 2.00 bits per heavy atom. The first-order chi connectivity index (χ1) is 7.63. The van der Waals surface area contributed by atoms with Crippen molar-refractivity contribution in [3.63, 3.8) is 0 Å². The summed E-state index contributed by atoms with van der Waals surface area (Å²) in [5, 5.41) is 0. The van der Waals surface area contributed by atoms with Crippen LogP contribution in [0.1, 0.15) is 37.0 Å². The summed E-state index contributed by atoms with van der Waals surface area (Å²) in [6.07, 6.45) is 13.4. The molecule has 0 N–H and O–H groups in total. The molecule has 0 heterocycles. The molecule has 0 bridgehead atoms. The molecule has 0 saturated heterocycles. The van der Waals surface area contributed by atoms with E-state index in [9.17, 15) is 0 Å². The average Bonchev–Trinajstić information content (AvgIpc) is 2.93.